The third kappa shape index (κ3) is 2.77. The molecular formula is C17H27N. The molecule has 100 valence electrons. The summed E-state index contributed by atoms with van der Waals surface area (Å²) in [4.78, 5) is 0. The van der Waals surface area contributed by atoms with E-state index in [1.54, 1.807) is 0 Å². The second-order valence-corrected chi connectivity index (χ2v) is 7.88. The Labute approximate surface area is 112 Å². The summed E-state index contributed by atoms with van der Waals surface area (Å²) in [5.41, 5.74) is 9.86. The highest BCUT2D eigenvalue weighted by molar-refractivity contribution is 5.29. The van der Waals surface area contributed by atoms with Gasteiger partial charge in [-0.25, -0.2) is 0 Å². The van der Waals surface area contributed by atoms with Crippen molar-refractivity contribution in [3.8, 4) is 0 Å². The minimum absolute atomic E-state index is 0.168. The molecule has 2 N–H and O–H groups in total. The normalized spacial score (nSPS) is 24.8. The van der Waals surface area contributed by atoms with E-state index in [9.17, 15) is 0 Å². The molecule has 1 aromatic rings. The Balaban J connectivity index is 2.37. The van der Waals surface area contributed by atoms with Crippen molar-refractivity contribution in [1.29, 1.82) is 0 Å². The van der Waals surface area contributed by atoms with Crippen molar-refractivity contribution in [2.45, 2.75) is 59.4 Å². The summed E-state index contributed by atoms with van der Waals surface area (Å²) in [6.07, 6.45) is 3.41. The first kappa shape index (κ1) is 13.6. The van der Waals surface area contributed by atoms with Crippen LogP contribution in [-0.2, 0) is 5.54 Å². The standard InChI is InChI=1S/C17H27N/c1-13-6-8-14(9-7-13)17(18)11-15(2,3)10-16(4,5)12-17/h6-9H,10-12,18H2,1-5H3. The van der Waals surface area contributed by atoms with Gasteiger partial charge in [0.15, 0.2) is 0 Å². The summed E-state index contributed by atoms with van der Waals surface area (Å²) in [6, 6.07) is 8.79. The molecule has 0 atom stereocenters. The quantitative estimate of drug-likeness (QED) is 0.780. The highest BCUT2D eigenvalue weighted by Crippen LogP contribution is 2.52. The molecule has 0 aromatic heterocycles. The highest BCUT2D eigenvalue weighted by atomic mass is 14.8. The van der Waals surface area contributed by atoms with E-state index in [1.165, 1.54) is 17.5 Å². The van der Waals surface area contributed by atoms with Gasteiger partial charge in [-0.05, 0) is 42.6 Å². The second-order valence-electron chi connectivity index (χ2n) is 7.88. The summed E-state index contributed by atoms with van der Waals surface area (Å²) >= 11 is 0. The third-order valence-corrected chi connectivity index (χ3v) is 4.17. The van der Waals surface area contributed by atoms with Crippen LogP contribution in [0.25, 0.3) is 0 Å². The van der Waals surface area contributed by atoms with E-state index in [0.717, 1.165) is 12.8 Å². The first-order valence-electron chi connectivity index (χ1n) is 6.98. The Kier molecular flexibility index (Phi) is 3.09. The van der Waals surface area contributed by atoms with Gasteiger partial charge in [-0.15, -0.1) is 0 Å². The first-order valence-corrected chi connectivity index (χ1v) is 6.98. The van der Waals surface area contributed by atoms with Crippen LogP contribution in [0, 0.1) is 17.8 Å². The fourth-order valence-corrected chi connectivity index (χ4v) is 4.28. The van der Waals surface area contributed by atoms with Gasteiger partial charge in [-0.3, -0.25) is 0 Å². The number of hydrogen-bond donors (Lipinski definition) is 1. The van der Waals surface area contributed by atoms with E-state index in [4.69, 9.17) is 5.73 Å². The molecule has 1 saturated carbocycles. The maximum atomic E-state index is 6.78. The van der Waals surface area contributed by atoms with Crippen molar-refractivity contribution >= 4 is 0 Å². The van der Waals surface area contributed by atoms with Crippen LogP contribution in [0.3, 0.4) is 0 Å². The Morgan fingerprint density at radius 1 is 0.833 bits per heavy atom. The minimum atomic E-state index is -0.168. The fraction of sp³-hybridized carbons (Fsp3) is 0.647. The van der Waals surface area contributed by atoms with Gasteiger partial charge in [0, 0.05) is 5.54 Å². The number of rotatable bonds is 1. The van der Waals surface area contributed by atoms with Crippen LogP contribution in [0.5, 0.6) is 0 Å². The molecule has 1 aliphatic rings. The van der Waals surface area contributed by atoms with Crippen molar-refractivity contribution in [1.82, 2.24) is 0 Å². The molecular weight excluding hydrogens is 218 g/mol. The van der Waals surface area contributed by atoms with Crippen molar-refractivity contribution in [3.63, 3.8) is 0 Å². The summed E-state index contributed by atoms with van der Waals surface area (Å²) in [6.45, 7) is 11.5. The molecule has 0 radical (unpaired) electrons. The van der Waals surface area contributed by atoms with E-state index < -0.39 is 0 Å². The molecule has 0 saturated heterocycles. The zero-order valence-corrected chi connectivity index (χ0v) is 12.5. The van der Waals surface area contributed by atoms with E-state index in [1.807, 2.05) is 0 Å². The lowest BCUT2D eigenvalue weighted by Crippen LogP contribution is -2.49. The Morgan fingerprint density at radius 3 is 1.72 bits per heavy atom. The Morgan fingerprint density at radius 2 is 1.28 bits per heavy atom. The van der Waals surface area contributed by atoms with Crippen LogP contribution < -0.4 is 5.73 Å². The van der Waals surface area contributed by atoms with Crippen LogP contribution >= 0.6 is 0 Å². The van der Waals surface area contributed by atoms with Gasteiger partial charge >= 0.3 is 0 Å². The Bertz CT molecular complexity index is 409. The minimum Gasteiger partial charge on any atom is -0.321 e. The molecule has 0 spiro atoms. The van der Waals surface area contributed by atoms with Crippen LogP contribution in [0.4, 0.5) is 0 Å². The predicted molar refractivity (Wildman–Crippen MR) is 78.5 cm³/mol. The molecule has 0 unspecified atom stereocenters. The lowest BCUT2D eigenvalue weighted by molar-refractivity contribution is 0.0470. The van der Waals surface area contributed by atoms with Gasteiger partial charge in [0.05, 0.1) is 0 Å². The topological polar surface area (TPSA) is 26.0 Å². The molecule has 0 heterocycles. The third-order valence-electron chi connectivity index (χ3n) is 4.17. The van der Waals surface area contributed by atoms with E-state index in [-0.39, 0.29) is 5.54 Å². The predicted octanol–water partition coefficient (Wildman–Crippen LogP) is 4.39. The second kappa shape index (κ2) is 4.09. The molecule has 18 heavy (non-hydrogen) atoms. The van der Waals surface area contributed by atoms with Crippen molar-refractivity contribution in [2.75, 3.05) is 0 Å². The van der Waals surface area contributed by atoms with Crippen LogP contribution in [-0.4, -0.2) is 0 Å². The molecule has 1 heteroatoms. The van der Waals surface area contributed by atoms with Crippen molar-refractivity contribution in [2.24, 2.45) is 16.6 Å². The summed E-state index contributed by atoms with van der Waals surface area (Å²) < 4.78 is 0. The lowest BCUT2D eigenvalue weighted by atomic mass is 9.57. The average molecular weight is 245 g/mol. The van der Waals surface area contributed by atoms with Gasteiger partial charge in [0.25, 0.3) is 0 Å². The highest BCUT2D eigenvalue weighted by Gasteiger charge is 2.45. The molecule has 2 rings (SSSR count). The molecule has 0 aliphatic heterocycles. The summed E-state index contributed by atoms with van der Waals surface area (Å²) in [7, 11) is 0. The maximum Gasteiger partial charge on any atom is 0.0419 e. The van der Waals surface area contributed by atoms with Crippen LogP contribution in [0.2, 0.25) is 0 Å². The van der Waals surface area contributed by atoms with Gasteiger partial charge in [0.1, 0.15) is 0 Å². The van der Waals surface area contributed by atoms with E-state index in [2.05, 4.69) is 58.9 Å². The molecule has 1 aliphatic carbocycles. The van der Waals surface area contributed by atoms with E-state index >= 15 is 0 Å². The zero-order chi connectivity index (χ0) is 13.6. The lowest BCUT2D eigenvalue weighted by Gasteiger charge is -2.50. The molecule has 1 aromatic carbocycles. The van der Waals surface area contributed by atoms with E-state index in [0.29, 0.717) is 10.8 Å². The molecule has 0 amide bonds. The number of aryl methyl sites for hydroxylation is 1. The average Bonchev–Trinajstić information content (AvgIpc) is 2.12. The number of benzene rings is 1. The van der Waals surface area contributed by atoms with Gasteiger partial charge in [-0.1, -0.05) is 57.5 Å². The van der Waals surface area contributed by atoms with Crippen molar-refractivity contribution in [3.05, 3.63) is 35.4 Å². The molecule has 0 bridgehead atoms. The monoisotopic (exact) mass is 245 g/mol. The zero-order valence-electron chi connectivity index (χ0n) is 12.5. The fourth-order valence-electron chi connectivity index (χ4n) is 4.28. The summed E-state index contributed by atoms with van der Waals surface area (Å²) in [5.74, 6) is 0. The molecule has 1 nitrogen and oxygen atoms in total. The maximum absolute atomic E-state index is 6.78. The largest absolute Gasteiger partial charge is 0.321 e. The smallest absolute Gasteiger partial charge is 0.0419 e. The Hall–Kier alpha value is -0.820. The van der Waals surface area contributed by atoms with Crippen LogP contribution in [0.1, 0.15) is 58.1 Å². The van der Waals surface area contributed by atoms with Gasteiger partial charge < -0.3 is 5.73 Å². The number of hydrogen-bond acceptors (Lipinski definition) is 1. The number of nitrogens with two attached hydrogens (primary N) is 1. The first-order chi connectivity index (χ1) is 8.12. The van der Waals surface area contributed by atoms with Gasteiger partial charge in [-0.2, -0.15) is 0 Å². The van der Waals surface area contributed by atoms with Gasteiger partial charge in [0.2, 0.25) is 0 Å². The van der Waals surface area contributed by atoms with Crippen LogP contribution in [0.15, 0.2) is 24.3 Å². The summed E-state index contributed by atoms with van der Waals surface area (Å²) in [5, 5.41) is 0. The molecule has 1 fully saturated rings. The SMILES string of the molecule is Cc1ccc(C2(N)CC(C)(C)CC(C)(C)C2)cc1. The van der Waals surface area contributed by atoms with Crippen molar-refractivity contribution < 1.29 is 0 Å².